The zero-order valence-corrected chi connectivity index (χ0v) is 7.34. The molecule has 0 aromatic rings. The zero-order chi connectivity index (χ0) is 9.03. The average molecular weight is 186 g/mol. The fraction of sp³-hybridized carbons (Fsp3) is 0.286. The standard InChI is InChI=1S/C7H10N2O2S/c1-2-3-4-8-7-5-9-12(10,11)6-7/h2-4,9H,1,5-6H2/b4-3-,8-7?. The number of allylic oxidation sites excluding steroid dienone is 2. The van der Waals surface area contributed by atoms with Crippen LogP contribution in [0.15, 0.2) is 29.9 Å². The van der Waals surface area contributed by atoms with Crippen LogP contribution in [-0.2, 0) is 10.0 Å². The summed E-state index contributed by atoms with van der Waals surface area (Å²) in [5.41, 5.74) is 0.633. The molecule has 0 amide bonds. The summed E-state index contributed by atoms with van der Waals surface area (Å²) in [5, 5.41) is 0. The van der Waals surface area contributed by atoms with Crippen LogP contribution in [0.3, 0.4) is 0 Å². The summed E-state index contributed by atoms with van der Waals surface area (Å²) in [7, 11) is -3.07. The van der Waals surface area contributed by atoms with Gasteiger partial charge in [0.2, 0.25) is 10.0 Å². The maximum absolute atomic E-state index is 10.8. The van der Waals surface area contributed by atoms with E-state index in [1.807, 2.05) is 0 Å². The Hall–Kier alpha value is -0.940. The molecule has 0 unspecified atom stereocenters. The molecule has 1 heterocycles. The lowest BCUT2D eigenvalue weighted by atomic mass is 10.4. The number of hydrogen-bond acceptors (Lipinski definition) is 3. The molecule has 0 bridgehead atoms. The van der Waals surface area contributed by atoms with Crippen molar-refractivity contribution in [2.45, 2.75) is 0 Å². The van der Waals surface area contributed by atoms with Crippen molar-refractivity contribution in [3.8, 4) is 0 Å². The van der Waals surface area contributed by atoms with Gasteiger partial charge in [-0.25, -0.2) is 13.1 Å². The van der Waals surface area contributed by atoms with Gasteiger partial charge < -0.3 is 0 Å². The second kappa shape index (κ2) is 3.64. The number of sulfonamides is 1. The molecule has 0 spiro atoms. The first kappa shape index (κ1) is 9.15. The second-order valence-corrected chi connectivity index (χ2v) is 4.16. The van der Waals surface area contributed by atoms with Crippen molar-refractivity contribution in [3.63, 3.8) is 0 Å². The molecule has 0 radical (unpaired) electrons. The number of rotatable bonds is 2. The summed E-state index contributed by atoms with van der Waals surface area (Å²) in [5.74, 6) is 0.00842. The monoisotopic (exact) mass is 186 g/mol. The molecular formula is C7H10N2O2S. The quantitative estimate of drug-likeness (QED) is 0.620. The maximum atomic E-state index is 10.8. The maximum Gasteiger partial charge on any atom is 0.217 e. The molecule has 66 valence electrons. The van der Waals surface area contributed by atoms with Crippen molar-refractivity contribution in [2.24, 2.45) is 4.99 Å². The van der Waals surface area contributed by atoms with Crippen molar-refractivity contribution in [1.82, 2.24) is 4.72 Å². The number of hydrogen-bond donors (Lipinski definition) is 1. The van der Waals surface area contributed by atoms with Crippen LogP contribution in [0.25, 0.3) is 0 Å². The Morgan fingerprint density at radius 2 is 2.33 bits per heavy atom. The van der Waals surface area contributed by atoms with Crippen LogP contribution >= 0.6 is 0 Å². The van der Waals surface area contributed by atoms with Gasteiger partial charge >= 0.3 is 0 Å². The summed E-state index contributed by atoms with van der Waals surface area (Å²) in [4.78, 5) is 3.93. The predicted octanol–water partition coefficient (Wildman–Crippen LogP) is 0.0601. The van der Waals surface area contributed by atoms with E-state index in [0.717, 1.165) is 0 Å². The molecular weight excluding hydrogens is 176 g/mol. The molecule has 4 nitrogen and oxygen atoms in total. The van der Waals surface area contributed by atoms with E-state index in [0.29, 0.717) is 12.3 Å². The van der Waals surface area contributed by atoms with Gasteiger partial charge in [0, 0.05) is 18.5 Å². The van der Waals surface area contributed by atoms with Gasteiger partial charge in [0.25, 0.3) is 0 Å². The minimum absolute atomic E-state index is 0.00842. The molecule has 0 aromatic heterocycles. The van der Waals surface area contributed by atoms with Gasteiger partial charge in [0.15, 0.2) is 0 Å². The van der Waals surface area contributed by atoms with E-state index >= 15 is 0 Å². The lowest BCUT2D eigenvalue weighted by Crippen LogP contribution is -2.15. The molecule has 1 aliphatic heterocycles. The van der Waals surface area contributed by atoms with Gasteiger partial charge in [0.05, 0.1) is 0 Å². The molecule has 0 atom stereocenters. The Balaban J connectivity index is 2.63. The lowest BCUT2D eigenvalue weighted by molar-refractivity contribution is 0.594. The van der Waals surface area contributed by atoms with Crippen molar-refractivity contribution in [1.29, 1.82) is 0 Å². The number of nitrogens with one attached hydrogen (secondary N) is 1. The van der Waals surface area contributed by atoms with E-state index in [9.17, 15) is 8.42 Å². The SMILES string of the molecule is C=C/C=C\N=C1CNS(=O)(=O)C1. The lowest BCUT2D eigenvalue weighted by Gasteiger charge is -1.84. The third-order valence-electron chi connectivity index (χ3n) is 1.33. The van der Waals surface area contributed by atoms with Gasteiger partial charge in [-0.2, -0.15) is 0 Å². The number of aliphatic imine (C=N–C) groups is 1. The number of nitrogens with zero attached hydrogens (tertiary/aromatic N) is 1. The van der Waals surface area contributed by atoms with E-state index in [1.54, 1.807) is 12.2 Å². The van der Waals surface area contributed by atoms with Crippen LogP contribution in [-0.4, -0.2) is 26.4 Å². The Morgan fingerprint density at radius 3 is 2.83 bits per heavy atom. The van der Waals surface area contributed by atoms with E-state index in [-0.39, 0.29) is 5.75 Å². The fourth-order valence-electron chi connectivity index (χ4n) is 0.807. The van der Waals surface area contributed by atoms with Crippen molar-refractivity contribution >= 4 is 15.7 Å². The van der Waals surface area contributed by atoms with Gasteiger partial charge in [-0.05, 0) is 6.08 Å². The van der Waals surface area contributed by atoms with Crippen LogP contribution in [0.1, 0.15) is 0 Å². The van der Waals surface area contributed by atoms with Crippen LogP contribution in [0.4, 0.5) is 0 Å². The minimum atomic E-state index is -3.07. The predicted molar refractivity (Wildman–Crippen MR) is 48.6 cm³/mol. The Bertz CT molecular complexity index is 327. The first-order chi connectivity index (χ1) is 5.64. The normalized spacial score (nSPS) is 25.2. The molecule has 1 aliphatic rings. The summed E-state index contributed by atoms with van der Waals surface area (Å²) >= 11 is 0. The molecule has 1 N–H and O–H groups in total. The Kier molecular flexibility index (Phi) is 2.78. The summed E-state index contributed by atoms with van der Waals surface area (Å²) in [6, 6.07) is 0. The van der Waals surface area contributed by atoms with Crippen LogP contribution in [0.2, 0.25) is 0 Å². The molecule has 0 aromatic carbocycles. The summed E-state index contributed by atoms with van der Waals surface area (Å²) in [6.45, 7) is 3.79. The zero-order valence-electron chi connectivity index (χ0n) is 6.53. The summed E-state index contributed by atoms with van der Waals surface area (Å²) < 4.78 is 24.0. The van der Waals surface area contributed by atoms with Crippen molar-refractivity contribution in [2.75, 3.05) is 12.3 Å². The van der Waals surface area contributed by atoms with E-state index in [4.69, 9.17) is 0 Å². The first-order valence-corrected chi connectivity index (χ1v) is 5.10. The molecule has 1 fully saturated rings. The van der Waals surface area contributed by atoms with Crippen LogP contribution in [0, 0.1) is 0 Å². The minimum Gasteiger partial charge on any atom is -0.263 e. The van der Waals surface area contributed by atoms with Gasteiger partial charge in [0.1, 0.15) is 5.75 Å². The van der Waals surface area contributed by atoms with E-state index in [1.165, 1.54) is 6.20 Å². The smallest absolute Gasteiger partial charge is 0.217 e. The topological polar surface area (TPSA) is 58.5 Å². The van der Waals surface area contributed by atoms with Crippen molar-refractivity contribution in [3.05, 3.63) is 24.9 Å². The molecule has 0 aliphatic carbocycles. The van der Waals surface area contributed by atoms with Crippen molar-refractivity contribution < 1.29 is 8.42 Å². The van der Waals surface area contributed by atoms with Crippen LogP contribution in [0.5, 0.6) is 0 Å². The largest absolute Gasteiger partial charge is 0.263 e. The molecule has 1 saturated heterocycles. The molecule has 5 heteroatoms. The highest BCUT2D eigenvalue weighted by Crippen LogP contribution is 1.97. The van der Waals surface area contributed by atoms with E-state index in [2.05, 4.69) is 16.3 Å². The average Bonchev–Trinajstić information content (AvgIpc) is 2.31. The third kappa shape index (κ3) is 2.60. The highest BCUT2D eigenvalue weighted by Gasteiger charge is 2.21. The highest BCUT2D eigenvalue weighted by atomic mass is 32.2. The Morgan fingerprint density at radius 1 is 1.58 bits per heavy atom. The van der Waals surface area contributed by atoms with Gasteiger partial charge in [-0.1, -0.05) is 12.7 Å². The molecule has 0 saturated carbocycles. The van der Waals surface area contributed by atoms with E-state index < -0.39 is 10.0 Å². The van der Waals surface area contributed by atoms with Gasteiger partial charge in [-0.3, -0.25) is 4.99 Å². The molecule has 12 heavy (non-hydrogen) atoms. The Labute approximate surface area is 71.7 Å². The third-order valence-corrected chi connectivity index (χ3v) is 2.63. The van der Waals surface area contributed by atoms with Gasteiger partial charge in [-0.15, -0.1) is 0 Å². The summed E-state index contributed by atoms with van der Waals surface area (Å²) in [6.07, 6.45) is 4.77. The second-order valence-electron chi connectivity index (χ2n) is 2.35. The van der Waals surface area contributed by atoms with Crippen LogP contribution < -0.4 is 4.72 Å². The fourth-order valence-corrected chi connectivity index (χ4v) is 1.91. The molecule has 1 rings (SSSR count). The highest BCUT2D eigenvalue weighted by molar-refractivity contribution is 7.90. The first-order valence-electron chi connectivity index (χ1n) is 3.44.